The quantitative estimate of drug-likeness (QED) is 0.718. The summed E-state index contributed by atoms with van der Waals surface area (Å²) >= 11 is 0. The standard InChI is InChI=1S/C20H18N2O3/c23-18-9-10-22(12-13-5-1-2-6-14(13)18)20(25)16-11-21-17-8-4-3-7-15(17)19(16)24/h1-8,11,18,23H,9-10,12H2,(H,21,24). The van der Waals surface area contributed by atoms with Gasteiger partial charge in [-0.05, 0) is 29.7 Å². The summed E-state index contributed by atoms with van der Waals surface area (Å²) in [5.74, 6) is -0.309. The molecule has 0 saturated carbocycles. The van der Waals surface area contributed by atoms with Gasteiger partial charge >= 0.3 is 0 Å². The van der Waals surface area contributed by atoms with Crippen molar-refractivity contribution in [2.75, 3.05) is 6.54 Å². The van der Waals surface area contributed by atoms with Crippen molar-refractivity contribution in [3.8, 4) is 0 Å². The van der Waals surface area contributed by atoms with E-state index in [9.17, 15) is 14.7 Å². The molecule has 5 heteroatoms. The predicted octanol–water partition coefficient (Wildman–Crippen LogP) is 2.61. The van der Waals surface area contributed by atoms with Gasteiger partial charge in [0.15, 0.2) is 0 Å². The van der Waals surface area contributed by atoms with Crippen LogP contribution in [-0.4, -0.2) is 27.4 Å². The van der Waals surface area contributed by atoms with E-state index in [1.165, 1.54) is 6.20 Å². The Labute approximate surface area is 144 Å². The maximum absolute atomic E-state index is 13.0. The summed E-state index contributed by atoms with van der Waals surface area (Å²) in [5, 5.41) is 10.8. The fourth-order valence-corrected chi connectivity index (χ4v) is 3.39. The Balaban J connectivity index is 1.72. The van der Waals surface area contributed by atoms with Gasteiger partial charge in [0.1, 0.15) is 5.56 Å². The maximum Gasteiger partial charge on any atom is 0.259 e. The van der Waals surface area contributed by atoms with Crippen LogP contribution >= 0.6 is 0 Å². The van der Waals surface area contributed by atoms with Crippen molar-refractivity contribution in [1.29, 1.82) is 0 Å². The van der Waals surface area contributed by atoms with Crippen LogP contribution in [0.3, 0.4) is 0 Å². The molecule has 1 unspecified atom stereocenters. The molecule has 3 aromatic rings. The van der Waals surface area contributed by atoms with Crippen molar-refractivity contribution in [3.63, 3.8) is 0 Å². The Kier molecular flexibility index (Phi) is 3.86. The second-order valence-corrected chi connectivity index (χ2v) is 6.31. The van der Waals surface area contributed by atoms with Gasteiger partial charge in [0.2, 0.25) is 5.43 Å². The zero-order valence-electron chi connectivity index (χ0n) is 13.6. The number of pyridine rings is 1. The minimum Gasteiger partial charge on any atom is -0.388 e. The lowest BCUT2D eigenvalue weighted by Crippen LogP contribution is -2.34. The number of carbonyl (C=O) groups is 1. The number of benzene rings is 2. The van der Waals surface area contributed by atoms with Crippen LogP contribution in [0.1, 0.15) is 34.0 Å². The van der Waals surface area contributed by atoms with E-state index in [2.05, 4.69) is 4.98 Å². The highest BCUT2D eigenvalue weighted by molar-refractivity contribution is 5.97. The number of aliphatic hydroxyl groups excluding tert-OH is 1. The third-order valence-electron chi connectivity index (χ3n) is 4.75. The molecule has 0 spiro atoms. The molecule has 2 N–H and O–H groups in total. The van der Waals surface area contributed by atoms with Crippen LogP contribution in [0.5, 0.6) is 0 Å². The Morgan fingerprint density at radius 1 is 1.12 bits per heavy atom. The minimum atomic E-state index is -0.594. The predicted molar refractivity (Wildman–Crippen MR) is 95.3 cm³/mol. The molecule has 1 aromatic heterocycles. The third-order valence-corrected chi connectivity index (χ3v) is 4.75. The number of amides is 1. The summed E-state index contributed by atoms with van der Waals surface area (Å²) < 4.78 is 0. The number of para-hydroxylation sites is 1. The summed E-state index contributed by atoms with van der Waals surface area (Å²) in [4.78, 5) is 30.3. The number of hydrogen-bond acceptors (Lipinski definition) is 3. The molecule has 1 aliphatic heterocycles. The second-order valence-electron chi connectivity index (χ2n) is 6.31. The first-order chi connectivity index (χ1) is 12.1. The van der Waals surface area contributed by atoms with E-state index in [0.717, 1.165) is 11.1 Å². The normalized spacial score (nSPS) is 17.2. The van der Waals surface area contributed by atoms with Crippen molar-refractivity contribution in [3.05, 3.63) is 81.6 Å². The summed E-state index contributed by atoms with van der Waals surface area (Å²) in [7, 11) is 0. The van der Waals surface area contributed by atoms with E-state index in [1.807, 2.05) is 36.4 Å². The highest BCUT2D eigenvalue weighted by Crippen LogP contribution is 2.27. The number of aromatic amines is 1. The van der Waals surface area contributed by atoms with E-state index in [-0.39, 0.29) is 16.9 Å². The van der Waals surface area contributed by atoms with Gasteiger partial charge in [0, 0.05) is 30.2 Å². The number of hydrogen-bond donors (Lipinski definition) is 2. The molecular weight excluding hydrogens is 316 g/mol. The summed E-state index contributed by atoms with van der Waals surface area (Å²) in [6.07, 6.45) is 1.35. The number of nitrogens with one attached hydrogen (secondary N) is 1. The molecule has 126 valence electrons. The number of aliphatic hydroxyl groups is 1. The molecule has 4 rings (SSSR count). The first-order valence-corrected chi connectivity index (χ1v) is 8.31. The van der Waals surface area contributed by atoms with Gasteiger partial charge in [-0.2, -0.15) is 0 Å². The molecule has 1 atom stereocenters. The van der Waals surface area contributed by atoms with E-state index in [4.69, 9.17) is 0 Å². The van der Waals surface area contributed by atoms with E-state index >= 15 is 0 Å². The molecule has 2 heterocycles. The Hall–Kier alpha value is -2.92. The molecule has 0 radical (unpaired) electrons. The smallest absolute Gasteiger partial charge is 0.259 e. The van der Waals surface area contributed by atoms with Gasteiger partial charge in [-0.1, -0.05) is 36.4 Å². The lowest BCUT2D eigenvalue weighted by atomic mass is 10.0. The fourth-order valence-electron chi connectivity index (χ4n) is 3.39. The van der Waals surface area contributed by atoms with Gasteiger partial charge in [0.05, 0.1) is 6.10 Å². The van der Waals surface area contributed by atoms with Crippen LogP contribution in [0, 0.1) is 0 Å². The number of aromatic nitrogens is 1. The van der Waals surface area contributed by atoms with Gasteiger partial charge < -0.3 is 15.0 Å². The number of carbonyl (C=O) groups excluding carboxylic acids is 1. The van der Waals surface area contributed by atoms with Gasteiger partial charge in [-0.3, -0.25) is 9.59 Å². The first-order valence-electron chi connectivity index (χ1n) is 8.31. The second kappa shape index (κ2) is 6.18. The highest BCUT2D eigenvalue weighted by Gasteiger charge is 2.25. The van der Waals surface area contributed by atoms with E-state index in [1.54, 1.807) is 17.0 Å². The van der Waals surface area contributed by atoms with Crippen LogP contribution in [0.25, 0.3) is 10.9 Å². The van der Waals surface area contributed by atoms with Crippen LogP contribution in [-0.2, 0) is 6.54 Å². The Morgan fingerprint density at radius 3 is 2.76 bits per heavy atom. The largest absolute Gasteiger partial charge is 0.388 e. The lowest BCUT2D eigenvalue weighted by Gasteiger charge is -2.20. The highest BCUT2D eigenvalue weighted by atomic mass is 16.3. The molecule has 2 aromatic carbocycles. The number of H-pyrrole nitrogens is 1. The SMILES string of the molecule is O=C(c1c[nH]c2ccccc2c1=O)N1CCC(O)c2ccccc2C1. The molecule has 1 amide bonds. The van der Waals surface area contributed by atoms with Gasteiger partial charge in [-0.25, -0.2) is 0 Å². The monoisotopic (exact) mass is 334 g/mol. The van der Waals surface area contributed by atoms with Crippen LogP contribution in [0.2, 0.25) is 0 Å². The molecule has 0 fully saturated rings. The summed E-state index contributed by atoms with van der Waals surface area (Å²) in [6, 6.07) is 14.7. The zero-order chi connectivity index (χ0) is 17.4. The van der Waals surface area contributed by atoms with E-state index < -0.39 is 6.10 Å². The number of rotatable bonds is 1. The first kappa shape index (κ1) is 15.6. The maximum atomic E-state index is 13.0. The lowest BCUT2D eigenvalue weighted by molar-refractivity contribution is 0.0721. The van der Waals surface area contributed by atoms with Crippen LogP contribution in [0.15, 0.2) is 59.5 Å². The molecule has 1 aliphatic rings. The number of fused-ring (bicyclic) bond motifs is 2. The molecule has 0 saturated heterocycles. The van der Waals surface area contributed by atoms with Crippen molar-refractivity contribution in [2.24, 2.45) is 0 Å². The van der Waals surface area contributed by atoms with Crippen molar-refractivity contribution >= 4 is 16.8 Å². The minimum absolute atomic E-state index is 0.132. The van der Waals surface area contributed by atoms with Crippen molar-refractivity contribution < 1.29 is 9.90 Å². The average molecular weight is 334 g/mol. The van der Waals surface area contributed by atoms with Crippen molar-refractivity contribution in [2.45, 2.75) is 19.1 Å². The average Bonchev–Trinajstić information content (AvgIpc) is 2.81. The van der Waals surface area contributed by atoms with E-state index in [0.29, 0.717) is 30.4 Å². The van der Waals surface area contributed by atoms with Crippen molar-refractivity contribution in [1.82, 2.24) is 9.88 Å². The van der Waals surface area contributed by atoms with Gasteiger partial charge in [-0.15, -0.1) is 0 Å². The fraction of sp³-hybridized carbons (Fsp3) is 0.200. The molecule has 5 nitrogen and oxygen atoms in total. The molecular formula is C20H18N2O3. The Bertz CT molecular complexity index is 1010. The number of nitrogens with zero attached hydrogens (tertiary/aromatic N) is 1. The zero-order valence-corrected chi connectivity index (χ0v) is 13.6. The van der Waals surface area contributed by atoms with Gasteiger partial charge in [0.25, 0.3) is 5.91 Å². The van der Waals surface area contributed by atoms with Crippen LogP contribution in [0.4, 0.5) is 0 Å². The molecule has 0 aliphatic carbocycles. The molecule has 25 heavy (non-hydrogen) atoms. The third kappa shape index (κ3) is 2.72. The Morgan fingerprint density at radius 2 is 1.88 bits per heavy atom. The summed E-state index contributed by atoms with van der Waals surface area (Å²) in [6.45, 7) is 0.791. The topological polar surface area (TPSA) is 73.4 Å². The summed E-state index contributed by atoms with van der Waals surface area (Å²) in [5.41, 5.74) is 2.34. The van der Waals surface area contributed by atoms with Crippen LogP contribution < -0.4 is 5.43 Å². The molecule has 0 bridgehead atoms.